The van der Waals surface area contributed by atoms with Gasteiger partial charge in [-0.15, -0.1) is 0 Å². The number of methoxy groups -OCH3 is 2. The van der Waals surface area contributed by atoms with E-state index in [9.17, 15) is 4.79 Å². The fourth-order valence-electron chi connectivity index (χ4n) is 3.19. The van der Waals surface area contributed by atoms with Gasteiger partial charge in [0, 0.05) is 19.2 Å². The van der Waals surface area contributed by atoms with Gasteiger partial charge in [0.15, 0.2) is 11.5 Å². The molecular weight excluding hydrogens is 342 g/mol. The van der Waals surface area contributed by atoms with Gasteiger partial charge in [0.25, 0.3) is 0 Å². The molecule has 0 spiro atoms. The Morgan fingerprint density at radius 1 is 1.07 bits per heavy atom. The van der Waals surface area contributed by atoms with Crippen LogP contribution in [0.2, 0.25) is 0 Å². The van der Waals surface area contributed by atoms with E-state index >= 15 is 0 Å². The predicted octanol–water partition coefficient (Wildman–Crippen LogP) is 3.70. The number of benzene rings is 2. The summed E-state index contributed by atoms with van der Waals surface area (Å²) in [5, 5.41) is 0. The van der Waals surface area contributed by atoms with E-state index in [1.807, 2.05) is 54.3 Å². The van der Waals surface area contributed by atoms with Crippen LogP contribution in [0.5, 0.6) is 17.2 Å². The molecule has 1 amide bonds. The molecule has 5 heteroatoms. The first-order chi connectivity index (χ1) is 13.1. The second kappa shape index (κ2) is 8.62. The van der Waals surface area contributed by atoms with Crippen molar-refractivity contribution < 1.29 is 19.0 Å². The van der Waals surface area contributed by atoms with Gasteiger partial charge in [0.2, 0.25) is 5.91 Å². The molecule has 27 heavy (non-hydrogen) atoms. The van der Waals surface area contributed by atoms with E-state index in [4.69, 9.17) is 14.2 Å². The maximum absolute atomic E-state index is 12.6. The Hall–Kier alpha value is -2.95. The highest BCUT2D eigenvalue weighted by Gasteiger charge is 2.21. The number of carbonyl (C=O) groups is 1. The average molecular weight is 367 g/mol. The first kappa shape index (κ1) is 18.8. The summed E-state index contributed by atoms with van der Waals surface area (Å²) in [7, 11) is 3.25. The minimum atomic E-state index is 0.00400. The smallest absolute Gasteiger partial charge is 0.246 e. The Balaban J connectivity index is 1.68. The Morgan fingerprint density at radius 3 is 2.37 bits per heavy atom. The lowest BCUT2D eigenvalue weighted by atomic mass is 9.98. The zero-order chi connectivity index (χ0) is 19.2. The van der Waals surface area contributed by atoms with Gasteiger partial charge < -0.3 is 19.1 Å². The van der Waals surface area contributed by atoms with Crippen molar-refractivity contribution in [2.75, 3.05) is 27.4 Å². The van der Waals surface area contributed by atoms with Crippen molar-refractivity contribution in [2.45, 2.75) is 19.9 Å². The topological polar surface area (TPSA) is 48.0 Å². The molecule has 0 bridgehead atoms. The molecule has 0 radical (unpaired) electrons. The molecule has 2 aromatic rings. The van der Waals surface area contributed by atoms with Gasteiger partial charge in [-0.3, -0.25) is 4.79 Å². The first-order valence-electron chi connectivity index (χ1n) is 9.08. The molecule has 2 aromatic carbocycles. The van der Waals surface area contributed by atoms with Gasteiger partial charge in [-0.25, -0.2) is 0 Å². The summed E-state index contributed by atoms with van der Waals surface area (Å²) < 4.78 is 16.2. The molecule has 1 aliphatic heterocycles. The van der Waals surface area contributed by atoms with Crippen molar-refractivity contribution in [2.24, 2.45) is 0 Å². The molecule has 3 rings (SSSR count). The van der Waals surface area contributed by atoms with Crippen LogP contribution in [-0.4, -0.2) is 38.2 Å². The van der Waals surface area contributed by atoms with Gasteiger partial charge in [-0.1, -0.05) is 12.1 Å². The largest absolute Gasteiger partial charge is 0.494 e. The maximum Gasteiger partial charge on any atom is 0.246 e. The highest BCUT2D eigenvalue weighted by molar-refractivity contribution is 5.92. The van der Waals surface area contributed by atoms with E-state index in [1.54, 1.807) is 20.3 Å². The summed E-state index contributed by atoms with van der Waals surface area (Å²) in [6.07, 6.45) is 4.27. The minimum Gasteiger partial charge on any atom is -0.494 e. The Morgan fingerprint density at radius 2 is 1.74 bits per heavy atom. The number of hydrogen-bond donors (Lipinski definition) is 0. The summed E-state index contributed by atoms with van der Waals surface area (Å²) in [5.41, 5.74) is 3.27. The second-order valence-electron chi connectivity index (χ2n) is 6.32. The van der Waals surface area contributed by atoms with Crippen LogP contribution in [0.3, 0.4) is 0 Å². The van der Waals surface area contributed by atoms with Gasteiger partial charge in [0.1, 0.15) is 5.75 Å². The number of hydrogen-bond acceptors (Lipinski definition) is 4. The maximum atomic E-state index is 12.6. The van der Waals surface area contributed by atoms with Crippen LogP contribution >= 0.6 is 0 Å². The molecule has 0 saturated carbocycles. The van der Waals surface area contributed by atoms with Crippen molar-refractivity contribution in [3.05, 3.63) is 59.2 Å². The molecule has 0 fully saturated rings. The lowest BCUT2D eigenvalue weighted by Crippen LogP contribution is -2.34. The number of carbonyl (C=O) groups excluding carboxylic acids is 1. The number of amides is 1. The molecule has 1 heterocycles. The van der Waals surface area contributed by atoms with Gasteiger partial charge in [0.05, 0.1) is 20.8 Å². The molecule has 0 atom stereocenters. The van der Waals surface area contributed by atoms with Crippen molar-refractivity contribution in [3.63, 3.8) is 0 Å². The minimum absolute atomic E-state index is 0.00400. The number of fused-ring (bicyclic) bond motifs is 1. The highest BCUT2D eigenvalue weighted by atomic mass is 16.5. The van der Waals surface area contributed by atoms with Crippen molar-refractivity contribution in [1.29, 1.82) is 0 Å². The van der Waals surface area contributed by atoms with Gasteiger partial charge in [-0.05, 0) is 60.4 Å². The monoisotopic (exact) mass is 367 g/mol. The van der Waals surface area contributed by atoms with Crippen LogP contribution in [0.25, 0.3) is 6.08 Å². The second-order valence-corrected chi connectivity index (χ2v) is 6.32. The summed E-state index contributed by atoms with van der Waals surface area (Å²) in [6, 6.07) is 11.7. The summed E-state index contributed by atoms with van der Waals surface area (Å²) >= 11 is 0. The van der Waals surface area contributed by atoms with Crippen LogP contribution < -0.4 is 14.2 Å². The third kappa shape index (κ3) is 4.42. The third-order valence-corrected chi connectivity index (χ3v) is 4.64. The molecule has 0 N–H and O–H groups in total. The Bertz CT molecular complexity index is 827. The Labute approximate surface area is 160 Å². The first-order valence-corrected chi connectivity index (χ1v) is 9.08. The van der Waals surface area contributed by atoms with E-state index in [0.717, 1.165) is 29.0 Å². The van der Waals surface area contributed by atoms with E-state index in [0.29, 0.717) is 25.4 Å². The number of nitrogens with zero attached hydrogens (tertiary/aromatic N) is 1. The van der Waals surface area contributed by atoms with Crippen LogP contribution in [0.4, 0.5) is 0 Å². The lowest BCUT2D eigenvalue weighted by molar-refractivity contribution is -0.126. The molecule has 0 unspecified atom stereocenters. The van der Waals surface area contributed by atoms with E-state index in [-0.39, 0.29) is 5.91 Å². The molecular formula is C22H25NO4. The average Bonchev–Trinajstić information content (AvgIpc) is 2.71. The van der Waals surface area contributed by atoms with Crippen LogP contribution in [0.1, 0.15) is 23.6 Å². The molecule has 0 saturated heterocycles. The molecule has 0 aliphatic carbocycles. The number of ether oxygens (including phenoxy) is 3. The standard InChI is InChI=1S/C22H25NO4/c1-4-27-19-8-5-16(6-9-19)7-10-22(24)23-12-11-17-13-20(25-2)21(26-3)14-18(17)15-23/h5-10,13-14H,4,11-12,15H2,1-3H3. The van der Waals surface area contributed by atoms with Gasteiger partial charge in [-0.2, -0.15) is 0 Å². The molecule has 142 valence electrons. The summed E-state index contributed by atoms with van der Waals surface area (Å²) in [4.78, 5) is 14.4. The third-order valence-electron chi connectivity index (χ3n) is 4.64. The van der Waals surface area contributed by atoms with E-state index < -0.39 is 0 Å². The predicted molar refractivity (Wildman–Crippen MR) is 105 cm³/mol. The fourth-order valence-corrected chi connectivity index (χ4v) is 3.19. The Kier molecular flexibility index (Phi) is 6.01. The molecule has 0 aromatic heterocycles. The lowest BCUT2D eigenvalue weighted by Gasteiger charge is -2.28. The molecule has 5 nitrogen and oxygen atoms in total. The fraction of sp³-hybridized carbons (Fsp3) is 0.318. The van der Waals surface area contributed by atoms with E-state index in [2.05, 4.69) is 0 Å². The quantitative estimate of drug-likeness (QED) is 0.731. The summed E-state index contributed by atoms with van der Waals surface area (Å²) in [6.45, 7) is 3.85. The van der Waals surface area contributed by atoms with Crippen molar-refractivity contribution in [1.82, 2.24) is 4.90 Å². The highest BCUT2D eigenvalue weighted by Crippen LogP contribution is 2.33. The van der Waals surface area contributed by atoms with Crippen LogP contribution in [-0.2, 0) is 17.8 Å². The SMILES string of the molecule is CCOc1ccc(C=CC(=O)N2CCc3cc(OC)c(OC)cc3C2)cc1. The molecule has 1 aliphatic rings. The summed E-state index contributed by atoms with van der Waals surface area (Å²) in [5.74, 6) is 2.25. The van der Waals surface area contributed by atoms with Gasteiger partial charge >= 0.3 is 0 Å². The normalized spacial score (nSPS) is 13.4. The van der Waals surface area contributed by atoms with Crippen molar-refractivity contribution >= 4 is 12.0 Å². The van der Waals surface area contributed by atoms with Crippen molar-refractivity contribution in [3.8, 4) is 17.2 Å². The van der Waals surface area contributed by atoms with Crippen LogP contribution in [0.15, 0.2) is 42.5 Å². The van der Waals surface area contributed by atoms with Crippen LogP contribution in [0, 0.1) is 0 Å². The zero-order valence-corrected chi connectivity index (χ0v) is 16.0. The number of rotatable bonds is 6. The zero-order valence-electron chi connectivity index (χ0n) is 16.0. The van der Waals surface area contributed by atoms with E-state index in [1.165, 1.54) is 5.56 Å².